The van der Waals surface area contributed by atoms with E-state index < -0.39 is 41.5 Å². The van der Waals surface area contributed by atoms with Crippen LogP contribution in [0.1, 0.15) is 45.2 Å². The summed E-state index contributed by atoms with van der Waals surface area (Å²) in [7, 11) is 0. The van der Waals surface area contributed by atoms with Gasteiger partial charge in [-0.1, -0.05) is 12.1 Å². The van der Waals surface area contributed by atoms with Gasteiger partial charge < -0.3 is 20.1 Å². The maximum atomic E-state index is 13.2. The predicted molar refractivity (Wildman–Crippen MR) is 90.9 cm³/mol. The van der Waals surface area contributed by atoms with Crippen LogP contribution in [0.15, 0.2) is 24.3 Å². The fraction of sp³-hybridized carbons (Fsp3) is 0.500. The third-order valence-corrected chi connectivity index (χ3v) is 3.93. The molecule has 0 aromatic heterocycles. The van der Waals surface area contributed by atoms with Crippen LogP contribution >= 0.6 is 0 Å². The Kier molecular flexibility index (Phi) is 5.84. The summed E-state index contributed by atoms with van der Waals surface area (Å²) < 4.78 is 18.4. The first-order valence-electron chi connectivity index (χ1n) is 8.37. The van der Waals surface area contributed by atoms with E-state index in [9.17, 15) is 23.9 Å². The molecule has 1 fully saturated rings. The molecule has 1 heterocycles. The molecule has 2 N–H and O–H groups in total. The molecule has 0 bridgehead atoms. The zero-order valence-corrected chi connectivity index (χ0v) is 15.0. The van der Waals surface area contributed by atoms with E-state index in [0.29, 0.717) is 18.4 Å². The number of rotatable bonds is 4. The monoisotopic (exact) mass is 366 g/mol. The topological polar surface area (TPSA) is 95.9 Å². The summed E-state index contributed by atoms with van der Waals surface area (Å²) in [6.45, 7) is 5.33. The first-order valence-corrected chi connectivity index (χ1v) is 8.37. The highest BCUT2D eigenvalue weighted by Gasteiger charge is 2.38. The van der Waals surface area contributed by atoms with Crippen LogP contribution in [0.5, 0.6) is 0 Å². The molecule has 0 aliphatic carbocycles. The quantitative estimate of drug-likeness (QED) is 0.853. The van der Waals surface area contributed by atoms with Gasteiger partial charge in [0.2, 0.25) is 0 Å². The minimum absolute atomic E-state index is 0.281. The number of carbonyl (C=O) groups excluding carboxylic acids is 2. The summed E-state index contributed by atoms with van der Waals surface area (Å²) >= 11 is 0. The fourth-order valence-electron chi connectivity index (χ4n) is 2.82. The lowest BCUT2D eigenvalue weighted by Crippen LogP contribution is -2.48. The SMILES string of the molecule is CC(C)(C)OC(=O)N[C@H](C(=O)N1CCC[C@H]1C(=O)O)c1ccc(F)cc1. The van der Waals surface area contributed by atoms with Gasteiger partial charge >= 0.3 is 12.1 Å². The van der Waals surface area contributed by atoms with Crippen molar-refractivity contribution in [1.82, 2.24) is 10.2 Å². The largest absolute Gasteiger partial charge is 0.480 e. The second-order valence-corrected chi connectivity index (χ2v) is 7.16. The molecule has 2 amide bonds. The highest BCUT2D eigenvalue weighted by molar-refractivity contribution is 5.90. The molecule has 2 rings (SSSR count). The number of carbonyl (C=O) groups is 3. The molecule has 0 unspecified atom stereocenters. The molecular formula is C18H23FN2O5. The number of alkyl carbamates (subject to hydrolysis) is 1. The molecule has 1 saturated heterocycles. The van der Waals surface area contributed by atoms with Crippen molar-refractivity contribution in [3.05, 3.63) is 35.6 Å². The van der Waals surface area contributed by atoms with Crippen LogP contribution in [0.25, 0.3) is 0 Å². The van der Waals surface area contributed by atoms with Gasteiger partial charge in [0.05, 0.1) is 0 Å². The smallest absolute Gasteiger partial charge is 0.408 e. The Balaban J connectivity index is 2.27. The maximum absolute atomic E-state index is 13.2. The van der Waals surface area contributed by atoms with Gasteiger partial charge in [-0.05, 0) is 51.3 Å². The van der Waals surface area contributed by atoms with Gasteiger partial charge in [0.15, 0.2) is 0 Å². The van der Waals surface area contributed by atoms with Crippen molar-refractivity contribution in [3.63, 3.8) is 0 Å². The zero-order valence-electron chi connectivity index (χ0n) is 15.0. The van der Waals surface area contributed by atoms with Gasteiger partial charge in [0, 0.05) is 6.54 Å². The Morgan fingerprint density at radius 1 is 1.27 bits per heavy atom. The van der Waals surface area contributed by atoms with Gasteiger partial charge in [-0.25, -0.2) is 14.0 Å². The Morgan fingerprint density at radius 3 is 2.42 bits per heavy atom. The lowest BCUT2D eigenvalue weighted by atomic mass is 10.0. The second-order valence-electron chi connectivity index (χ2n) is 7.16. The van der Waals surface area contributed by atoms with E-state index in [2.05, 4.69) is 5.32 Å². The summed E-state index contributed by atoms with van der Waals surface area (Å²) in [4.78, 5) is 37.7. The van der Waals surface area contributed by atoms with E-state index in [1.807, 2.05) is 0 Å². The van der Waals surface area contributed by atoms with Gasteiger partial charge in [0.1, 0.15) is 23.5 Å². The lowest BCUT2D eigenvalue weighted by Gasteiger charge is -2.28. The highest BCUT2D eigenvalue weighted by Crippen LogP contribution is 2.24. The molecule has 1 aromatic carbocycles. The fourth-order valence-corrected chi connectivity index (χ4v) is 2.82. The van der Waals surface area contributed by atoms with Crippen LogP contribution in [0.2, 0.25) is 0 Å². The van der Waals surface area contributed by atoms with Gasteiger partial charge in [0.25, 0.3) is 5.91 Å². The van der Waals surface area contributed by atoms with Crippen molar-refractivity contribution >= 4 is 18.0 Å². The normalized spacial score (nSPS) is 18.3. The summed E-state index contributed by atoms with van der Waals surface area (Å²) in [6.07, 6.45) is 0.0980. The van der Waals surface area contributed by atoms with Gasteiger partial charge in [-0.3, -0.25) is 4.79 Å². The van der Waals surface area contributed by atoms with E-state index in [0.717, 1.165) is 0 Å². The average molecular weight is 366 g/mol. The van der Waals surface area contributed by atoms with Crippen molar-refractivity contribution in [2.24, 2.45) is 0 Å². The predicted octanol–water partition coefficient (Wildman–Crippen LogP) is 2.47. The molecule has 0 radical (unpaired) electrons. The number of carboxylic acids is 1. The van der Waals surface area contributed by atoms with E-state index >= 15 is 0 Å². The summed E-state index contributed by atoms with van der Waals surface area (Å²) in [5.74, 6) is -2.14. The van der Waals surface area contributed by atoms with Crippen molar-refractivity contribution < 1.29 is 28.6 Å². The number of benzene rings is 1. The molecule has 1 aliphatic rings. The molecule has 8 heteroatoms. The third-order valence-electron chi connectivity index (χ3n) is 3.93. The molecule has 0 spiro atoms. The summed E-state index contributed by atoms with van der Waals surface area (Å²) in [5.41, 5.74) is -0.421. The first kappa shape index (κ1) is 19.7. The number of nitrogens with zero attached hydrogens (tertiary/aromatic N) is 1. The minimum Gasteiger partial charge on any atom is -0.480 e. The number of halogens is 1. The Hall–Kier alpha value is -2.64. The first-order chi connectivity index (χ1) is 12.1. The number of aliphatic carboxylic acids is 1. The van der Waals surface area contributed by atoms with Gasteiger partial charge in [-0.15, -0.1) is 0 Å². The summed E-state index contributed by atoms with van der Waals surface area (Å²) in [5, 5.41) is 11.8. The van der Waals surface area contributed by atoms with Crippen molar-refractivity contribution in [3.8, 4) is 0 Å². The van der Waals surface area contributed by atoms with Gasteiger partial charge in [-0.2, -0.15) is 0 Å². The van der Waals surface area contributed by atoms with Crippen LogP contribution in [-0.4, -0.2) is 46.2 Å². The van der Waals surface area contributed by atoms with Crippen LogP contribution in [0.3, 0.4) is 0 Å². The third kappa shape index (κ3) is 4.93. The Morgan fingerprint density at radius 2 is 1.88 bits per heavy atom. The van der Waals surface area contributed by atoms with E-state index in [4.69, 9.17) is 4.74 Å². The second kappa shape index (κ2) is 7.72. The van der Waals surface area contributed by atoms with E-state index in [1.165, 1.54) is 29.2 Å². The van der Waals surface area contributed by atoms with Crippen molar-refractivity contribution in [2.45, 2.75) is 51.3 Å². The average Bonchev–Trinajstić information content (AvgIpc) is 3.01. The molecular weight excluding hydrogens is 343 g/mol. The number of ether oxygens (including phenoxy) is 1. The molecule has 26 heavy (non-hydrogen) atoms. The van der Waals surface area contributed by atoms with Crippen LogP contribution in [0.4, 0.5) is 9.18 Å². The van der Waals surface area contributed by atoms with E-state index in [-0.39, 0.29) is 6.54 Å². The zero-order chi connectivity index (χ0) is 19.5. The molecule has 1 aromatic rings. The Labute approximate surface area is 151 Å². The molecule has 142 valence electrons. The highest BCUT2D eigenvalue weighted by atomic mass is 19.1. The minimum atomic E-state index is -1.16. The number of likely N-dealkylation sites (tertiary alicyclic amines) is 1. The van der Waals surface area contributed by atoms with Crippen LogP contribution < -0.4 is 5.32 Å². The molecule has 0 saturated carbocycles. The number of carboxylic acid groups (broad SMARTS) is 1. The van der Waals surface area contributed by atoms with Crippen molar-refractivity contribution in [1.29, 1.82) is 0 Å². The lowest BCUT2D eigenvalue weighted by molar-refractivity contribution is -0.149. The number of nitrogens with one attached hydrogen (secondary N) is 1. The maximum Gasteiger partial charge on any atom is 0.408 e. The summed E-state index contributed by atoms with van der Waals surface area (Å²) in [6, 6.07) is 2.99. The van der Waals surface area contributed by atoms with E-state index in [1.54, 1.807) is 20.8 Å². The molecule has 2 atom stereocenters. The number of hydrogen-bond acceptors (Lipinski definition) is 4. The van der Waals surface area contributed by atoms with Crippen molar-refractivity contribution in [2.75, 3.05) is 6.54 Å². The molecule has 1 aliphatic heterocycles. The van der Waals surface area contributed by atoms with Crippen LogP contribution in [0, 0.1) is 5.82 Å². The Bertz CT molecular complexity index is 684. The number of hydrogen-bond donors (Lipinski definition) is 2. The number of amides is 2. The standard InChI is InChI=1S/C18H23FN2O5/c1-18(2,3)26-17(25)20-14(11-6-8-12(19)9-7-11)15(22)21-10-4-5-13(21)16(23)24/h6-9,13-14H,4-5,10H2,1-3H3,(H,20,25)(H,23,24)/t13-,14-/m0/s1. The molecule has 7 nitrogen and oxygen atoms in total. The van der Waals surface area contributed by atoms with Crippen LogP contribution in [-0.2, 0) is 14.3 Å².